The van der Waals surface area contributed by atoms with Gasteiger partial charge in [-0.05, 0) is 73.6 Å². The minimum absolute atomic E-state index is 0.129. The molecule has 1 aliphatic carbocycles. The van der Waals surface area contributed by atoms with E-state index < -0.39 is 21.9 Å². The van der Waals surface area contributed by atoms with E-state index in [-0.39, 0.29) is 4.90 Å². The van der Waals surface area contributed by atoms with Crippen LogP contribution in [0.25, 0.3) is 0 Å². The number of methoxy groups -OCH3 is 1. The molecule has 0 saturated heterocycles. The Kier molecular flexibility index (Phi) is 6.37. The molecule has 0 saturated carbocycles. The molecule has 0 unspecified atom stereocenters. The smallest absolute Gasteiger partial charge is 0.341 e. The molecule has 1 aromatic heterocycles. The van der Waals surface area contributed by atoms with Gasteiger partial charge in [0.1, 0.15) is 5.00 Å². The quantitative estimate of drug-likeness (QED) is 0.393. The Bertz CT molecular complexity index is 1390. The Hall–Kier alpha value is -3.17. The number of benzene rings is 2. The highest BCUT2D eigenvalue weighted by Crippen LogP contribution is 2.38. The highest BCUT2D eigenvalue weighted by Gasteiger charge is 2.31. The third-order valence-corrected chi connectivity index (χ3v) is 9.62. The van der Waals surface area contributed by atoms with Crippen LogP contribution in [0.1, 0.15) is 56.0 Å². The lowest BCUT2D eigenvalue weighted by Gasteiger charge is -2.19. The van der Waals surface area contributed by atoms with E-state index in [4.69, 9.17) is 4.74 Å². The number of esters is 1. The van der Waals surface area contributed by atoms with Crippen LogP contribution in [0.15, 0.2) is 53.4 Å². The zero-order valence-electron chi connectivity index (χ0n) is 19.4. The van der Waals surface area contributed by atoms with Gasteiger partial charge in [-0.3, -0.25) is 9.10 Å². The molecule has 7 nitrogen and oxygen atoms in total. The van der Waals surface area contributed by atoms with E-state index in [1.807, 2.05) is 24.3 Å². The van der Waals surface area contributed by atoms with E-state index in [2.05, 4.69) is 5.32 Å². The first-order chi connectivity index (χ1) is 16.9. The number of hydrogen-bond donors (Lipinski definition) is 1. The van der Waals surface area contributed by atoms with Gasteiger partial charge < -0.3 is 10.1 Å². The molecular weight excluding hydrogens is 484 g/mol. The van der Waals surface area contributed by atoms with Crippen LogP contribution in [-0.4, -0.2) is 33.9 Å². The van der Waals surface area contributed by atoms with Crippen molar-refractivity contribution in [1.29, 1.82) is 0 Å². The SMILES string of the molecule is COC(=O)c1c(NC(=O)c2ccc(S(=O)(=O)N3CCc4ccccc43)cc2)sc2c1CCCCC2. The molecule has 9 heteroatoms. The monoisotopic (exact) mass is 510 g/mol. The first-order valence-electron chi connectivity index (χ1n) is 11.6. The zero-order valence-corrected chi connectivity index (χ0v) is 21.0. The number of hydrogen-bond acceptors (Lipinski definition) is 6. The number of nitrogens with zero attached hydrogens (tertiary/aromatic N) is 1. The molecule has 5 rings (SSSR count). The molecule has 0 spiro atoms. The van der Waals surface area contributed by atoms with Crippen LogP contribution in [0.5, 0.6) is 0 Å². The minimum Gasteiger partial charge on any atom is -0.465 e. The number of aryl methyl sites for hydroxylation is 1. The molecule has 2 heterocycles. The Morgan fingerprint density at radius 2 is 1.71 bits per heavy atom. The fourth-order valence-electron chi connectivity index (χ4n) is 4.79. The molecule has 2 aliphatic rings. The van der Waals surface area contributed by atoms with Crippen molar-refractivity contribution in [1.82, 2.24) is 0 Å². The molecule has 1 N–H and O–H groups in total. The van der Waals surface area contributed by atoms with Gasteiger partial charge in [-0.25, -0.2) is 13.2 Å². The van der Waals surface area contributed by atoms with Crippen LogP contribution < -0.4 is 9.62 Å². The van der Waals surface area contributed by atoms with Gasteiger partial charge in [-0.15, -0.1) is 11.3 Å². The summed E-state index contributed by atoms with van der Waals surface area (Å²) in [6, 6.07) is 13.4. The number of carbonyl (C=O) groups is 2. The van der Waals surface area contributed by atoms with Crippen molar-refractivity contribution in [3.05, 3.63) is 75.7 Å². The number of thiophene rings is 1. The summed E-state index contributed by atoms with van der Waals surface area (Å²) in [7, 11) is -2.40. The second-order valence-corrected chi connectivity index (χ2v) is 11.7. The van der Waals surface area contributed by atoms with E-state index in [9.17, 15) is 18.0 Å². The van der Waals surface area contributed by atoms with E-state index in [0.717, 1.165) is 48.1 Å². The summed E-state index contributed by atoms with van der Waals surface area (Å²) in [5.41, 5.74) is 3.42. The van der Waals surface area contributed by atoms with Crippen LogP contribution in [0.3, 0.4) is 0 Å². The van der Waals surface area contributed by atoms with Crippen molar-refractivity contribution >= 4 is 43.9 Å². The molecule has 0 fully saturated rings. The third-order valence-electron chi connectivity index (χ3n) is 6.59. The first-order valence-corrected chi connectivity index (χ1v) is 13.9. The van der Waals surface area contributed by atoms with Crippen molar-refractivity contribution in [3.63, 3.8) is 0 Å². The normalized spacial score (nSPS) is 15.2. The van der Waals surface area contributed by atoms with Crippen LogP contribution in [0, 0.1) is 0 Å². The molecular formula is C26H26N2O5S2. The van der Waals surface area contributed by atoms with Crippen molar-refractivity contribution in [2.45, 2.75) is 43.4 Å². The van der Waals surface area contributed by atoms with E-state index in [0.29, 0.717) is 34.8 Å². The van der Waals surface area contributed by atoms with Gasteiger partial charge >= 0.3 is 5.97 Å². The van der Waals surface area contributed by atoms with Gasteiger partial charge in [0.05, 0.1) is 23.3 Å². The maximum atomic E-state index is 13.2. The fraction of sp³-hybridized carbons (Fsp3) is 0.308. The van der Waals surface area contributed by atoms with Crippen LogP contribution >= 0.6 is 11.3 Å². The lowest BCUT2D eigenvalue weighted by atomic mass is 10.1. The molecule has 3 aromatic rings. The Morgan fingerprint density at radius 1 is 0.971 bits per heavy atom. The molecule has 1 aliphatic heterocycles. The summed E-state index contributed by atoms with van der Waals surface area (Å²) >= 11 is 1.42. The topological polar surface area (TPSA) is 92.8 Å². The van der Waals surface area contributed by atoms with Gasteiger partial charge in [-0.2, -0.15) is 0 Å². The van der Waals surface area contributed by atoms with E-state index in [1.165, 1.54) is 47.0 Å². The number of para-hydroxylation sites is 1. The lowest BCUT2D eigenvalue weighted by molar-refractivity contribution is 0.0601. The number of anilines is 2. The Labute approximate surface area is 208 Å². The predicted octanol–water partition coefficient (Wildman–Crippen LogP) is 4.81. The molecule has 0 atom stereocenters. The van der Waals surface area contributed by atoms with Crippen LogP contribution in [-0.2, 0) is 34.0 Å². The zero-order chi connectivity index (χ0) is 24.6. The number of sulfonamides is 1. The molecule has 1 amide bonds. The van der Waals surface area contributed by atoms with Gasteiger partial charge in [0.2, 0.25) is 0 Å². The van der Waals surface area contributed by atoms with Crippen molar-refractivity contribution in [3.8, 4) is 0 Å². The third kappa shape index (κ3) is 4.34. The van der Waals surface area contributed by atoms with Gasteiger partial charge in [0, 0.05) is 17.0 Å². The number of ether oxygens (including phenoxy) is 1. The van der Waals surface area contributed by atoms with Gasteiger partial charge in [0.15, 0.2) is 0 Å². The fourth-order valence-corrected chi connectivity index (χ4v) is 7.56. The van der Waals surface area contributed by atoms with Gasteiger partial charge in [0.25, 0.3) is 15.9 Å². The standard InChI is InChI=1S/C26H26N2O5S2/c1-33-26(30)23-20-8-3-2-4-10-22(20)34-25(23)27-24(29)18-11-13-19(14-12-18)35(31,32)28-16-15-17-7-5-6-9-21(17)28/h5-7,9,11-14H,2-4,8,10,15-16H2,1H3,(H,27,29). The maximum Gasteiger partial charge on any atom is 0.341 e. The van der Waals surface area contributed by atoms with Crippen molar-refractivity contribution in [2.75, 3.05) is 23.3 Å². The maximum absolute atomic E-state index is 13.2. The average molecular weight is 511 g/mol. The minimum atomic E-state index is -3.74. The van der Waals surface area contributed by atoms with Gasteiger partial charge in [-0.1, -0.05) is 24.6 Å². The Balaban J connectivity index is 1.38. The van der Waals surface area contributed by atoms with E-state index >= 15 is 0 Å². The largest absolute Gasteiger partial charge is 0.465 e. The summed E-state index contributed by atoms with van der Waals surface area (Å²) in [6.45, 7) is 0.392. The van der Waals surface area contributed by atoms with Crippen LogP contribution in [0.2, 0.25) is 0 Å². The summed E-state index contributed by atoms with van der Waals surface area (Å²) in [4.78, 5) is 26.8. The number of rotatable bonds is 5. The molecule has 35 heavy (non-hydrogen) atoms. The highest BCUT2D eigenvalue weighted by atomic mass is 32.2. The average Bonchev–Trinajstić information content (AvgIpc) is 3.38. The molecule has 0 radical (unpaired) electrons. The Morgan fingerprint density at radius 3 is 2.49 bits per heavy atom. The summed E-state index contributed by atoms with van der Waals surface area (Å²) in [5, 5.41) is 3.35. The van der Waals surface area contributed by atoms with Crippen LogP contribution in [0.4, 0.5) is 10.7 Å². The number of nitrogens with one attached hydrogen (secondary N) is 1. The molecule has 2 aromatic carbocycles. The first kappa shape index (κ1) is 23.6. The lowest BCUT2D eigenvalue weighted by Crippen LogP contribution is -2.29. The molecule has 182 valence electrons. The summed E-state index contributed by atoms with van der Waals surface area (Å²) < 4.78 is 32.9. The second-order valence-electron chi connectivity index (χ2n) is 8.69. The number of fused-ring (bicyclic) bond motifs is 2. The number of carbonyl (C=O) groups excluding carboxylic acids is 2. The summed E-state index contributed by atoms with van der Waals surface area (Å²) in [5.74, 6) is -0.853. The highest BCUT2D eigenvalue weighted by molar-refractivity contribution is 7.92. The second kappa shape index (κ2) is 9.47. The van der Waals surface area contributed by atoms with Crippen molar-refractivity contribution < 1.29 is 22.7 Å². The van der Waals surface area contributed by atoms with Crippen molar-refractivity contribution in [2.24, 2.45) is 0 Å². The molecule has 0 bridgehead atoms. The number of amides is 1. The summed E-state index contributed by atoms with van der Waals surface area (Å²) in [6.07, 6.45) is 5.51. The predicted molar refractivity (Wildman–Crippen MR) is 136 cm³/mol. The van der Waals surface area contributed by atoms with E-state index in [1.54, 1.807) is 0 Å².